The molecule has 0 spiro atoms. The number of nitrogens with one attached hydrogen (secondary N) is 1. The smallest absolute Gasteiger partial charge is 0.287 e. The lowest BCUT2D eigenvalue weighted by Gasteiger charge is -2.21. The van der Waals surface area contributed by atoms with Gasteiger partial charge in [-0.05, 0) is 27.9 Å². The van der Waals surface area contributed by atoms with E-state index in [1.165, 1.54) is 10.9 Å². The molecule has 0 unspecified atom stereocenters. The van der Waals surface area contributed by atoms with Crippen molar-refractivity contribution in [3.05, 3.63) is 21.6 Å². The van der Waals surface area contributed by atoms with Crippen LogP contribution in [-0.4, -0.2) is 40.9 Å². The van der Waals surface area contributed by atoms with Gasteiger partial charge in [-0.1, -0.05) is 17.5 Å². The van der Waals surface area contributed by atoms with E-state index in [4.69, 9.17) is 18.0 Å². The zero-order valence-corrected chi connectivity index (χ0v) is 12.5. The first-order chi connectivity index (χ1) is 8.76. The molecule has 1 heterocycles. The monoisotopic (exact) mass is 282 g/mol. The summed E-state index contributed by atoms with van der Waals surface area (Å²) in [5.74, 6) is 2.58. The quantitative estimate of drug-likeness (QED) is 0.827. The molecule has 0 amide bonds. The van der Waals surface area contributed by atoms with Gasteiger partial charge in [0.25, 0.3) is 5.56 Å². The fourth-order valence-corrected chi connectivity index (χ4v) is 1.57. The van der Waals surface area contributed by atoms with E-state index in [2.05, 4.69) is 16.3 Å². The predicted octanol–water partition coefficient (Wildman–Crippen LogP) is 1.28. The molecule has 0 aliphatic carbocycles. The van der Waals surface area contributed by atoms with Crippen LogP contribution in [0.5, 0.6) is 0 Å². The van der Waals surface area contributed by atoms with Crippen LogP contribution in [0.4, 0.5) is 5.69 Å². The zero-order chi connectivity index (χ0) is 14.6. The molecular weight excluding hydrogens is 264 g/mol. The summed E-state index contributed by atoms with van der Waals surface area (Å²) in [5, 5.41) is 7.21. The molecule has 1 aromatic rings. The highest BCUT2D eigenvalue weighted by Gasteiger charge is 2.17. The summed E-state index contributed by atoms with van der Waals surface area (Å²) in [5.41, 5.74) is -0.454. The van der Waals surface area contributed by atoms with Crippen molar-refractivity contribution >= 4 is 17.3 Å². The van der Waals surface area contributed by atoms with E-state index in [0.29, 0.717) is 18.8 Å². The fourth-order valence-electron chi connectivity index (χ4n) is 1.38. The first-order valence-electron chi connectivity index (χ1n) is 5.93. The number of nitrogens with zero attached hydrogens (tertiary/aromatic N) is 3. The van der Waals surface area contributed by atoms with Crippen molar-refractivity contribution in [2.75, 3.05) is 26.0 Å². The van der Waals surface area contributed by atoms with Crippen LogP contribution in [0.1, 0.15) is 13.8 Å². The molecule has 0 saturated heterocycles. The topological polar surface area (TPSA) is 50.2 Å². The van der Waals surface area contributed by atoms with Gasteiger partial charge in [-0.25, -0.2) is 4.68 Å². The Morgan fingerprint density at radius 2 is 2.21 bits per heavy atom. The molecule has 1 aromatic heterocycles. The number of aromatic nitrogens is 2. The van der Waals surface area contributed by atoms with E-state index in [9.17, 15) is 4.79 Å². The van der Waals surface area contributed by atoms with Crippen molar-refractivity contribution in [2.45, 2.75) is 25.9 Å². The molecule has 6 heteroatoms. The number of halogens is 1. The number of likely N-dealkylation sites (N-methyl/N-ethyl adjacent to an activating group) is 1. The van der Waals surface area contributed by atoms with Crippen molar-refractivity contribution < 1.29 is 0 Å². The molecule has 0 bridgehead atoms. The van der Waals surface area contributed by atoms with Gasteiger partial charge in [0.2, 0.25) is 0 Å². The molecule has 19 heavy (non-hydrogen) atoms. The molecule has 0 aliphatic heterocycles. The second kappa shape index (κ2) is 6.09. The van der Waals surface area contributed by atoms with Crippen molar-refractivity contribution in [3.63, 3.8) is 0 Å². The Hall–Kier alpha value is -1.51. The first kappa shape index (κ1) is 15.5. The van der Waals surface area contributed by atoms with E-state index in [1.807, 2.05) is 32.8 Å². The van der Waals surface area contributed by atoms with Gasteiger partial charge in [-0.3, -0.25) is 4.79 Å². The third-order valence-electron chi connectivity index (χ3n) is 2.55. The minimum atomic E-state index is -0.590. The lowest BCUT2D eigenvalue weighted by Crippen LogP contribution is -2.32. The maximum Gasteiger partial charge on any atom is 0.287 e. The van der Waals surface area contributed by atoms with Gasteiger partial charge in [0.05, 0.1) is 24.0 Å². The van der Waals surface area contributed by atoms with Crippen molar-refractivity contribution in [3.8, 4) is 12.3 Å². The normalized spacial score (nSPS) is 11.4. The van der Waals surface area contributed by atoms with Crippen LogP contribution in [0.3, 0.4) is 0 Å². The molecule has 0 aromatic carbocycles. The lowest BCUT2D eigenvalue weighted by molar-refractivity contribution is 0.367. The molecule has 1 rings (SSSR count). The molecule has 104 valence electrons. The highest BCUT2D eigenvalue weighted by Crippen LogP contribution is 2.19. The van der Waals surface area contributed by atoms with Gasteiger partial charge in [0.1, 0.15) is 5.02 Å². The summed E-state index contributed by atoms with van der Waals surface area (Å²) in [6.45, 7) is 4.85. The van der Waals surface area contributed by atoms with Gasteiger partial charge in [-0.2, -0.15) is 5.10 Å². The van der Waals surface area contributed by atoms with E-state index in [0.717, 1.165) is 0 Å². The van der Waals surface area contributed by atoms with Gasteiger partial charge in [-0.15, -0.1) is 6.42 Å². The van der Waals surface area contributed by atoms with Crippen LogP contribution >= 0.6 is 11.6 Å². The Balaban J connectivity index is 2.99. The highest BCUT2D eigenvalue weighted by atomic mass is 35.5. The van der Waals surface area contributed by atoms with E-state index < -0.39 is 5.54 Å². The molecule has 0 radical (unpaired) electrons. The minimum Gasteiger partial charge on any atom is -0.367 e. The predicted molar refractivity (Wildman–Crippen MR) is 78.6 cm³/mol. The van der Waals surface area contributed by atoms with Gasteiger partial charge in [0, 0.05) is 6.54 Å². The second-order valence-corrected chi connectivity index (χ2v) is 5.48. The molecule has 0 saturated carbocycles. The fraction of sp³-hybridized carbons (Fsp3) is 0.538. The average molecular weight is 283 g/mol. The largest absolute Gasteiger partial charge is 0.367 e. The summed E-state index contributed by atoms with van der Waals surface area (Å²) >= 11 is 6.06. The maximum absolute atomic E-state index is 12.0. The maximum atomic E-state index is 12.0. The summed E-state index contributed by atoms with van der Waals surface area (Å²) in [7, 11) is 3.86. The lowest BCUT2D eigenvalue weighted by atomic mass is 10.1. The summed E-state index contributed by atoms with van der Waals surface area (Å²) in [6.07, 6.45) is 6.91. The highest BCUT2D eigenvalue weighted by molar-refractivity contribution is 6.32. The Labute approximate surface area is 118 Å². The van der Waals surface area contributed by atoms with Crippen molar-refractivity contribution in [1.29, 1.82) is 0 Å². The Morgan fingerprint density at radius 1 is 1.58 bits per heavy atom. The number of hydrogen-bond donors (Lipinski definition) is 1. The zero-order valence-electron chi connectivity index (χ0n) is 11.7. The number of rotatable bonds is 5. The van der Waals surface area contributed by atoms with Crippen LogP contribution in [0, 0.1) is 12.3 Å². The van der Waals surface area contributed by atoms with Crippen LogP contribution in [0.15, 0.2) is 11.0 Å². The molecule has 0 fully saturated rings. The third-order valence-corrected chi connectivity index (χ3v) is 2.92. The number of anilines is 1. The molecule has 1 N–H and O–H groups in total. The summed E-state index contributed by atoms with van der Waals surface area (Å²) < 4.78 is 1.34. The Kier molecular flexibility index (Phi) is 4.98. The van der Waals surface area contributed by atoms with Crippen LogP contribution in [-0.2, 0) is 6.54 Å². The van der Waals surface area contributed by atoms with Gasteiger partial charge < -0.3 is 10.2 Å². The first-order valence-corrected chi connectivity index (χ1v) is 6.31. The minimum absolute atomic E-state index is 0.108. The van der Waals surface area contributed by atoms with Crippen molar-refractivity contribution in [1.82, 2.24) is 14.7 Å². The SMILES string of the molecule is C#CC(C)(C)Nc1cnn(CCN(C)C)c(=O)c1Cl. The van der Waals surface area contributed by atoms with Gasteiger partial charge in [0.15, 0.2) is 0 Å². The van der Waals surface area contributed by atoms with E-state index >= 15 is 0 Å². The number of hydrogen-bond acceptors (Lipinski definition) is 4. The Bertz CT molecular complexity index is 543. The standard InChI is InChI=1S/C13H19ClN4O/c1-6-13(2,3)16-10-9-15-18(8-7-17(4)5)12(19)11(10)14/h1,9,16H,7-8H2,2-5H3. The number of terminal acetylenes is 1. The second-order valence-electron chi connectivity index (χ2n) is 5.10. The Morgan fingerprint density at radius 3 is 2.74 bits per heavy atom. The van der Waals surface area contributed by atoms with Gasteiger partial charge >= 0.3 is 0 Å². The van der Waals surface area contributed by atoms with E-state index in [-0.39, 0.29) is 10.6 Å². The third kappa shape index (κ3) is 4.27. The van der Waals surface area contributed by atoms with Crippen LogP contribution < -0.4 is 10.9 Å². The molecular formula is C13H19ClN4O. The molecule has 0 atom stereocenters. The van der Waals surface area contributed by atoms with Crippen LogP contribution in [0.2, 0.25) is 5.02 Å². The van der Waals surface area contributed by atoms with Crippen molar-refractivity contribution in [2.24, 2.45) is 0 Å². The van der Waals surface area contributed by atoms with Crippen LogP contribution in [0.25, 0.3) is 0 Å². The average Bonchev–Trinajstić information content (AvgIpc) is 2.34. The van der Waals surface area contributed by atoms with E-state index in [1.54, 1.807) is 0 Å². The summed E-state index contributed by atoms with van der Waals surface area (Å²) in [4.78, 5) is 14.0. The summed E-state index contributed by atoms with van der Waals surface area (Å²) in [6, 6.07) is 0. The molecule has 0 aliphatic rings. The molecule has 5 nitrogen and oxygen atoms in total.